The van der Waals surface area contributed by atoms with Crippen molar-refractivity contribution in [2.24, 2.45) is 5.92 Å². The minimum Gasteiger partial charge on any atom is -0.316 e. The summed E-state index contributed by atoms with van der Waals surface area (Å²) in [7, 11) is 2.00. The van der Waals surface area contributed by atoms with Gasteiger partial charge in [0.1, 0.15) is 0 Å². The van der Waals surface area contributed by atoms with E-state index in [9.17, 15) is 0 Å². The molecule has 0 unspecified atom stereocenters. The average Bonchev–Trinajstić information content (AvgIpc) is 2.29. The minimum absolute atomic E-state index is 0.596. The maximum atomic E-state index is 3.22. The molecule has 0 aliphatic rings. The zero-order chi connectivity index (χ0) is 12.0. The number of likely N-dealkylation sites (N-methyl/N-ethyl adjacent to an activating group) is 1. The third-order valence-electron chi connectivity index (χ3n) is 2.86. The lowest BCUT2D eigenvalue weighted by atomic mass is 9.99. The zero-order valence-electron chi connectivity index (χ0n) is 10.9. The predicted molar refractivity (Wildman–Crippen MR) is 72.6 cm³/mol. The normalized spacial score (nSPS) is 12.2. The van der Waals surface area contributed by atoms with Crippen molar-refractivity contribution in [3.05, 3.63) is 41.0 Å². The molecule has 1 aromatic carbocycles. The van der Waals surface area contributed by atoms with E-state index in [0.29, 0.717) is 5.92 Å². The summed E-state index contributed by atoms with van der Waals surface area (Å²) in [4.78, 5) is 0. The fourth-order valence-corrected chi connectivity index (χ4v) is 1.69. The lowest BCUT2D eigenvalue weighted by Gasteiger charge is -2.11. The van der Waals surface area contributed by atoms with E-state index in [1.54, 1.807) is 0 Å². The molecule has 0 bridgehead atoms. The van der Waals surface area contributed by atoms with Gasteiger partial charge in [-0.2, -0.15) is 0 Å². The van der Waals surface area contributed by atoms with Crippen LogP contribution < -0.4 is 5.32 Å². The molecule has 1 aromatic rings. The molecule has 0 radical (unpaired) electrons. The lowest BCUT2D eigenvalue weighted by molar-refractivity contribution is 0.713. The highest BCUT2D eigenvalue weighted by Gasteiger charge is 2.02. The van der Waals surface area contributed by atoms with Crippen LogP contribution in [0.3, 0.4) is 0 Å². The van der Waals surface area contributed by atoms with Crippen LogP contribution in [-0.2, 0) is 6.42 Å². The van der Waals surface area contributed by atoms with Crippen molar-refractivity contribution < 1.29 is 0 Å². The molecule has 0 heterocycles. The third kappa shape index (κ3) is 3.82. The molecule has 0 aliphatic heterocycles. The molecule has 0 aromatic heterocycles. The maximum Gasteiger partial charge on any atom is 0.0167 e. The van der Waals surface area contributed by atoms with Crippen LogP contribution in [0.5, 0.6) is 0 Å². The van der Waals surface area contributed by atoms with Gasteiger partial charge in [-0.25, -0.2) is 0 Å². The molecule has 1 rings (SSSR count). The predicted octanol–water partition coefficient (Wildman–Crippen LogP) is 3.51. The maximum absolute atomic E-state index is 3.22. The van der Waals surface area contributed by atoms with E-state index >= 15 is 0 Å². The van der Waals surface area contributed by atoms with Gasteiger partial charge in [-0.1, -0.05) is 56.7 Å². The summed E-state index contributed by atoms with van der Waals surface area (Å²) in [5, 5.41) is 3.22. The van der Waals surface area contributed by atoms with Gasteiger partial charge in [-0.05, 0) is 30.5 Å². The van der Waals surface area contributed by atoms with Crippen molar-refractivity contribution in [1.82, 2.24) is 5.32 Å². The summed E-state index contributed by atoms with van der Waals surface area (Å²) in [6, 6.07) is 8.83. The molecule has 1 N–H and O–H groups in total. The molecule has 0 saturated heterocycles. The van der Waals surface area contributed by atoms with Gasteiger partial charge in [0.25, 0.3) is 0 Å². The number of hydrogen-bond acceptors (Lipinski definition) is 1. The number of benzene rings is 1. The molecule has 1 heteroatoms. The second kappa shape index (κ2) is 6.49. The van der Waals surface area contributed by atoms with Gasteiger partial charge in [0.15, 0.2) is 0 Å². The Labute approximate surface area is 99.6 Å². The topological polar surface area (TPSA) is 12.0 Å². The Morgan fingerprint density at radius 2 is 1.88 bits per heavy atom. The quantitative estimate of drug-likeness (QED) is 0.796. The summed E-state index contributed by atoms with van der Waals surface area (Å²) in [5.41, 5.74) is 4.15. The van der Waals surface area contributed by atoms with Crippen molar-refractivity contribution in [3.8, 4) is 0 Å². The highest BCUT2D eigenvalue weighted by molar-refractivity contribution is 5.54. The molecular weight excluding hydrogens is 194 g/mol. The van der Waals surface area contributed by atoms with Gasteiger partial charge in [-0.3, -0.25) is 0 Å². The molecule has 0 atom stereocenters. The van der Waals surface area contributed by atoms with Gasteiger partial charge in [0, 0.05) is 6.54 Å². The first-order chi connectivity index (χ1) is 7.67. The summed E-state index contributed by atoms with van der Waals surface area (Å²) in [6.45, 7) is 7.63. The van der Waals surface area contributed by atoms with Crippen LogP contribution in [0.25, 0.3) is 6.08 Å². The van der Waals surface area contributed by atoms with E-state index in [1.807, 2.05) is 7.05 Å². The highest BCUT2D eigenvalue weighted by Crippen LogP contribution is 2.14. The standard InChI is InChI=1S/C15H23N/c1-5-13-6-8-14(9-7-13)10-15(11-16-4)12(2)3/h6-10,12,16H,5,11H2,1-4H3. The van der Waals surface area contributed by atoms with E-state index < -0.39 is 0 Å². The number of aryl methyl sites for hydroxylation is 1. The van der Waals surface area contributed by atoms with Gasteiger partial charge in [0.05, 0.1) is 0 Å². The lowest BCUT2D eigenvalue weighted by Crippen LogP contribution is -2.13. The monoisotopic (exact) mass is 217 g/mol. The van der Waals surface area contributed by atoms with Crippen LogP contribution in [0.15, 0.2) is 29.8 Å². The van der Waals surface area contributed by atoms with Gasteiger partial charge in [-0.15, -0.1) is 0 Å². The fourth-order valence-electron chi connectivity index (χ4n) is 1.69. The Bertz CT molecular complexity index is 333. The Balaban J connectivity index is 2.85. The molecule has 0 aliphatic carbocycles. The van der Waals surface area contributed by atoms with Crippen molar-refractivity contribution in [1.29, 1.82) is 0 Å². The van der Waals surface area contributed by atoms with Gasteiger partial charge in [0.2, 0.25) is 0 Å². The number of nitrogens with one attached hydrogen (secondary N) is 1. The van der Waals surface area contributed by atoms with Crippen LogP contribution in [0.2, 0.25) is 0 Å². The van der Waals surface area contributed by atoms with Gasteiger partial charge >= 0.3 is 0 Å². The Kier molecular flexibility index (Phi) is 5.27. The van der Waals surface area contributed by atoms with E-state index in [1.165, 1.54) is 16.7 Å². The van der Waals surface area contributed by atoms with Crippen molar-refractivity contribution in [2.75, 3.05) is 13.6 Å². The molecule has 0 fully saturated rings. The van der Waals surface area contributed by atoms with Crippen molar-refractivity contribution in [2.45, 2.75) is 27.2 Å². The Hall–Kier alpha value is -1.08. The van der Waals surface area contributed by atoms with Crippen LogP contribution in [-0.4, -0.2) is 13.6 Å². The SMILES string of the molecule is CCc1ccc(C=C(CNC)C(C)C)cc1. The van der Waals surface area contributed by atoms with E-state index in [2.05, 4.69) is 56.4 Å². The van der Waals surface area contributed by atoms with Crippen LogP contribution >= 0.6 is 0 Å². The minimum atomic E-state index is 0.596. The second-order valence-corrected chi connectivity index (χ2v) is 4.50. The first-order valence-corrected chi connectivity index (χ1v) is 6.11. The smallest absolute Gasteiger partial charge is 0.0167 e. The van der Waals surface area contributed by atoms with E-state index in [0.717, 1.165) is 13.0 Å². The van der Waals surface area contributed by atoms with Crippen LogP contribution in [0.1, 0.15) is 31.9 Å². The molecule has 16 heavy (non-hydrogen) atoms. The van der Waals surface area contributed by atoms with Crippen molar-refractivity contribution in [3.63, 3.8) is 0 Å². The Morgan fingerprint density at radius 1 is 1.25 bits per heavy atom. The first kappa shape index (κ1) is 13.0. The van der Waals surface area contributed by atoms with Gasteiger partial charge < -0.3 is 5.32 Å². The fraction of sp³-hybridized carbons (Fsp3) is 0.467. The first-order valence-electron chi connectivity index (χ1n) is 6.11. The Morgan fingerprint density at radius 3 is 2.31 bits per heavy atom. The summed E-state index contributed by atoms with van der Waals surface area (Å²) in [5.74, 6) is 0.596. The summed E-state index contributed by atoms with van der Waals surface area (Å²) < 4.78 is 0. The third-order valence-corrected chi connectivity index (χ3v) is 2.86. The van der Waals surface area contributed by atoms with Crippen LogP contribution in [0.4, 0.5) is 0 Å². The largest absolute Gasteiger partial charge is 0.316 e. The van der Waals surface area contributed by atoms with E-state index in [4.69, 9.17) is 0 Å². The summed E-state index contributed by atoms with van der Waals surface area (Å²) in [6.07, 6.45) is 3.40. The van der Waals surface area contributed by atoms with E-state index in [-0.39, 0.29) is 0 Å². The molecule has 0 amide bonds. The second-order valence-electron chi connectivity index (χ2n) is 4.50. The number of hydrogen-bond donors (Lipinski definition) is 1. The highest BCUT2D eigenvalue weighted by atomic mass is 14.8. The molecule has 0 spiro atoms. The van der Waals surface area contributed by atoms with Crippen molar-refractivity contribution >= 4 is 6.08 Å². The summed E-state index contributed by atoms with van der Waals surface area (Å²) >= 11 is 0. The number of rotatable bonds is 5. The van der Waals surface area contributed by atoms with Crippen LogP contribution in [0, 0.1) is 5.92 Å². The average molecular weight is 217 g/mol. The molecule has 88 valence electrons. The zero-order valence-corrected chi connectivity index (χ0v) is 10.9. The molecular formula is C15H23N. The molecule has 1 nitrogen and oxygen atoms in total. The molecule has 0 saturated carbocycles.